The average Bonchev–Trinajstić information content (AvgIpc) is 2.39. The fraction of sp³-hybridized carbons (Fsp3) is 0.562. The molecule has 1 aromatic rings. The molecule has 0 bridgehead atoms. The average molecular weight is 260 g/mol. The first-order chi connectivity index (χ1) is 9.08. The lowest BCUT2D eigenvalue weighted by atomic mass is 9.96. The summed E-state index contributed by atoms with van der Waals surface area (Å²) in [7, 11) is 0. The van der Waals surface area contributed by atoms with Crippen molar-refractivity contribution in [3.8, 4) is 0 Å². The predicted octanol–water partition coefficient (Wildman–Crippen LogP) is 2.59. The summed E-state index contributed by atoms with van der Waals surface area (Å²) in [5, 5.41) is 3.58. The number of nitrogens with zero attached hydrogens (tertiary/aromatic N) is 1. The van der Waals surface area contributed by atoms with Crippen LogP contribution in [0.1, 0.15) is 38.8 Å². The molecular formula is C16H24N2O. The minimum atomic E-state index is 0.188. The van der Waals surface area contributed by atoms with Gasteiger partial charge in [-0.3, -0.25) is 4.79 Å². The highest BCUT2D eigenvalue weighted by Crippen LogP contribution is 2.23. The van der Waals surface area contributed by atoms with Gasteiger partial charge in [-0.05, 0) is 17.9 Å². The standard InChI is InChI=1S/C16H24N2O/c1-12(2)9-15-10-17-16(11-18(15)13(3)19)14-7-5-4-6-8-14/h4-8,12,15-17H,9-11H2,1-3H3. The molecule has 1 fully saturated rings. The first kappa shape index (κ1) is 14.1. The van der Waals surface area contributed by atoms with Gasteiger partial charge in [0.05, 0.1) is 0 Å². The summed E-state index contributed by atoms with van der Waals surface area (Å²) >= 11 is 0. The van der Waals surface area contributed by atoms with Gasteiger partial charge < -0.3 is 10.2 Å². The van der Waals surface area contributed by atoms with Crippen LogP contribution >= 0.6 is 0 Å². The van der Waals surface area contributed by atoms with Crippen LogP contribution in [0.2, 0.25) is 0 Å². The monoisotopic (exact) mass is 260 g/mol. The highest BCUT2D eigenvalue weighted by atomic mass is 16.2. The van der Waals surface area contributed by atoms with Crippen molar-refractivity contribution < 1.29 is 4.79 Å². The molecule has 0 spiro atoms. The SMILES string of the molecule is CC(=O)N1CC(c2ccccc2)NCC1CC(C)C. The number of amides is 1. The van der Waals surface area contributed by atoms with Gasteiger partial charge in [-0.1, -0.05) is 44.2 Å². The molecule has 0 saturated carbocycles. The molecule has 1 amide bonds. The Morgan fingerprint density at radius 1 is 1.37 bits per heavy atom. The Morgan fingerprint density at radius 2 is 2.05 bits per heavy atom. The fourth-order valence-electron chi connectivity index (χ4n) is 2.85. The van der Waals surface area contributed by atoms with Crippen LogP contribution in [-0.4, -0.2) is 29.9 Å². The zero-order valence-corrected chi connectivity index (χ0v) is 12.1. The number of hydrogen-bond acceptors (Lipinski definition) is 2. The lowest BCUT2D eigenvalue weighted by molar-refractivity contribution is -0.133. The lowest BCUT2D eigenvalue weighted by Gasteiger charge is -2.41. The Kier molecular flexibility index (Phi) is 4.59. The molecule has 2 rings (SSSR count). The van der Waals surface area contributed by atoms with Crippen molar-refractivity contribution >= 4 is 5.91 Å². The minimum absolute atomic E-state index is 0.188. The Balaban J connectivity index is 2.08. The van der Waals surface area contributed by atoms with Crippen molar-refractivity contribution in [1.82, 2.24) is 10.2 Å². The topological polar surface area (TPSA) is 32.3 Å². The first-order valence-electron chi connectivity index (χ1n) is 7.13. The molecule has 1 aliphatic rings. The van der Waals surface area contributed by atoms with Crippen molar-refractivity contribution in [2.75, 3.05) is 13.1 Å². The van der Waals surface area contributed by atoms with Gasteiger partial charge in [-0.25, -0.2) is 0 Å². The zero-order valence-electron chi connectivity index (χ0n) is 12.1. The number of piperazine rings is 1. The van der Waals surface area contributed by atoms with E-state index in [2.05, 4.69) is 43.4 Å². The smallest absolute Gasteiger partial charge is 0.219 e. The molecule has 3 nitrogen and oxygen atoms in total. The Bertz CT molecular complexity index is 416. The molecular weight excluding hydrogens is 236 g/mol. The molecule has 1 aromatic carbocycles. The van der Waals surface area contributed by atoms with E-state index in [1.54, 1.807) is 6.92 Å². The van der Waals surface area contributed by atoms with E-state index >= 15 is 0 Å². The van der Waals surface area contributed by atoms with Crippen LogP contribution in [0, 0.1) is 5.92 Å². The number of rotatable bonds is 3. The van der Waals surface area contributed by atoms with Crippen molar-refractivity contribution in [2.24, 2.45) is 5.92 Å². The van der Waals surface area contributed by atoms with Crippen molar-refractivity contribution in [3.05, 3.63) is 35.9 Å². The summed E-state index contributed by atoms with van der Waals surface area (Å²) in [5.41, 5.74) is 1.26. The maximum atomic E-state index is 11.9. The summed E-state index contributed by atoms with van der Waals surface area (Å²) in [6, 6.07) is 11.0. The van der Waals surface area contributed by atoms with E-state index in [4.69, 9.17) is 0 Å². The van der Waals surface area contributed by atoms with Gasteiger partial charge in [0.1, 0.15) is 0 Å². The summed E-state index contributed by atoms with van der Waals surface area (Å²) in [6.45, 7) is 7.76. The van der Waals surface area contributed by atoms with E-state index in [9.17, 15) is 4.79 Å². The molecule has 19 heavy (non-hydrogen) atoms. The molecule has 2 unspecified atom stereocenters. The number of hydrogen-bond donors (Lipinski definition) is 1. The van der Waals surface area contributed by atoms with E-state index in [-0.39, 0.29) is 11.9 Å². The number of benzene rings is 1. The summed E-state index contributed by atoms with van der Waals surface area (Å²) in [5.74, 6) is 0.801. The fourth-order valence-corrected chi connectivity index (χ4v) is 2.85. The van der Waals surface area contributed by atoms with E-state index in [0.717, 1.165) is 19.5 Å². The molecule has 0 aliphatic carbocycles. The van der Waals surface area contributed by atoms with Gasteiger partial charge in [0.25, 0.3) is 0 Å². The Labute approximate surface area is 116 Å². The molecule has 0 aromatic heterocycles. The Hall–Kier alpha value is -1.35. The van der Waals surface area contributed by atoms with E-state index in [1.165, 1.54) is 5.56 Å². The van der Waals surface area contributed by atoms with Crippen LogP contribution in [0.15, 0.2) is 30.3 Å². The quantitative estimate of drug-likeness (QED) is 0.906. The highest BCUT2D eigenvalue weighted by molar-refractivity contribution is 5.73. The number of carbonyl (C=O) groups is 1. The van der Waals surface area contributed by atoms with Crippen molar-refractivity contribution in [3.63, 3.8) is 0 Å². The third-order valence-corrected chi connectivity index (χ3v) is 3.77. The first-order valence-corrected chi connectivity index (χ1v) is 7.13. The third-order valence-electron chi connectivity index (χ3n) is 3.77. The molecule has 2 atom stereocenters. The molecule has 104 valence electrons. The summed E-state index contributed by atoms with van der Waals surface area (Å²) in [6.07, 6.45) is 1.06. The van der Waals surface area contributed by atoms with Crippen LogP contribution in [0.3, 0.4) is 0 Å². The van der Waals surface area contributed by atoms with Crippen molar-refractivity contribution in [1.29, 1.82) is 0 Å². The van der Waals surface area contributed by atoms with E-state index in [0.29, 0.717) is 12.0 Å². The van der Waals surface area contributed by atoms with Crippen LogP contribution in [0.25, 0.3) is 0 Å². The normalized spacial score (nSPS) is 23.7. The second kappa shape index (κ2) is 6.20. The van der Waals surface area contributed by atoms with Gasteiger partial charge in [0.15, 0.2) is 0 Å². The number of nitrogens with one attached hydrogen (secondary N) is 1. The Morgan fingerprint density at radius 3 is 2.63 bits per heavy atom. The second-order valence-corrected chi connectivity index (χ2v) is 5.83. The van der Waals surface area contributed by atoms with Crippen LogP contribution in [0.4, 0.5) is 0 Å². The predicted molar refractivity (Wildman–Crippen MR) is 77.8 cm³/mol. The van der Waals surface area contributed by atoms with Gasteiger partial charge in [-0.2, -0.15) is 0 Å². The molecule has 1 saturated heterocycles. The second-order valence-electron chi connectivity index (χ2n) is 5.83. The zero-order chi connectivity index (χ0) is 13.8. The van der Waals surface area contributed by atoms with Crippen LogP contribution in [-0.2, 0) is 4.79 Å². The molecule has 3 heteroatoms. The highest BCUT2D eigenvalue weighted by Gasteiger charge is 2.30. The van der Waals surface area contributed by atoms with Gasteiger partial charge in [-0.15, -0.1) is 0 Å². The van der Waals surface area contributed by atoms with Gasteiger partial charge in [0.2, 0.25) is 5.91 Å². The minimum Gasteiger partial charge on any atom is -0.337 e. The van der Waals surface area contributed by atoms with Gasteiger partial charge in [0, 0.05) is 32.1 Å². The summed E-state index contributed by atoms with van der Waals surface area (Å²) < 4.78 is 0. The third kappa shape index (κ3) is 3.57. The molecule has 1 N–H and O–H groups in total. The van der Waals surface area contributed by atoms with Gasteiger partial charge >= 0.3 is 0 Å². The molecule has 0 radical (unpaired) electrons. The number of carbonyl (C=O) groups excluding carboxylic acids is 1. The van der Waals surface area contributed by atoms with Crippen LogP contribution < -0.4 is 5.32 Å². The molecule has 1 heterocycles. The van der Waals surface area contributed by atoms with E-state index < -0.39 is 0 Å². The maximum Gasteiger partial charge on any atom is 0.219 e. The summed E-state index contributed by atoms with van der Waals surface area (Å²) in [4.78, 5) is 13.9. The van der Waals surface area contributed by atoms with E-state index in [1.807, 2.05) is 11.0 Å². The maximum absolute atomic E-state index is 11.9. The molecule has 1 aliphatic heterocycles. The lowest BCUT2D eigenvalue weighted by Crippen LogP contribution is -2.54. The van der Waals surface area contributed by atoms with Crippen molar-refractivity contribution in [2.45, 2.75) is 39.3 Å². The largest absolute Gasteiger partial charge is 0.337 e. The van der Waals surface area contributed by atoms with Crippen LogP contribution in [0.5, 0.6) is 0 Å².